The zero-order chi connectivity index (χ0) is 12.8. The van der Waals surface area contributed by atoms with Crippen molar-refractivity contribution >= 4 is 10.0 Å². The van der Waals surface area contributed by atoms with Gasteiger partial charge in [0.2, 0.25) is 10.0 Å². The van der Waals surface area contributed by atoms with Crippen LogP contribution in [0.3, 0.4) is 0 Å². The van der Waals surface area contributed by atoms with Gasteiger partial charge in [-0.2, -0.15) is 0 Å². The number of hydrogen-bond donors (Lipinski definition) is 1. The zero-order valence-electron chi connectivity index (χ0n) is 10.1. The average Bonchev–Trinajstić information content (AvgIpc) is 2.75. The minimum atomic E-state index is -3.22. The van der Waals surface area contributed by atoms with E-state index in [1.807, 2.05) is 0 Å². The van der Waals surface area contributed by atoms with Gasteiger partial charge in [-0.3, -0.25) is 0 Å². The van der Waals surface area contributed by atoms with Crippen molar-refractivity contribution in [3.05, 3.63) is 18.7 Å². The number of fused-ring (bicyclic) bond motifs is 1. The molecule has 100 valence electrons. The largest absolute Gasteiger partial charge is 0.389 e. The van der Waals surface area contributed by atoms with Gasteiger partial charge in [0, 0.05) is 37.9 Å². The van der Waals surface area contributed by atoms with Gasteiger partial charge in [-0.15, -0.1) is 0 Å². The molecule has 0 unspecified atom stereocenters. The number of sulfonamides is 1. The molecule has 1 aromatic heterocycles. The number of nitrogens with zero attached hydrogens (tertiary/aromatic N) is 3. The predicted octanol–water partition coefficient (Wildman–Crippen LogP) is -0.330. The van der Waals surface area contributed by atoms with Gasteiger partial charge in [-0.25, -0.2) is 17.7 Å². The highest BCUT2D eigenvalue weighted by Gasteiger charge is 2.56. The summed E-state index contributed by atoms with van der Waals surface area (Å²) in [4.78, 5) is 3.88. The average molecular weight is 271 g/mol. The van der Waals surface area contributed by atoms with Crippen LogP contribution in [0.4, 0.5) is 0 Å². The lowest BCUT2D eigenvalue weighted by Gasteiger charge is -2.28. The maximum absolute atomic E-state index is 12.2. The van der Waals surface area contributed by atoms with Gasteiger partial charge in [0.1, 0.15) is 0 Å². The molecule has 0 radical (unpaired) electrons. The lowest BCUT2D eigenvalue weighted by atomic mass is 10.1. The number of aromatic nitrogens is 2. The van der Waals surface area contributed by atoms with Gasteiger partial charge >= 0.3 is 0 Å². The number of hydrogen-bond acceptors (Lipinski definition) is 4. The van der Waals surface area contributed by atoms with E-state index in [-0.39, 0.29) is 11.7 Å². The molecule has 2 atom stereocenters. The summed E-state index contributed by atoms with van der Waals surface area (Å²) in [5.41, 5.74) is -0.559. The third-order valence-electron chi connectivity index (χ3n) is 3.98. The standard InChI is InChI=1S/C11H17N3O3S/c15-11-1-3-14(8-10(11)7-11)18(16,17)6-5-13-4-2-12-9-13/h2,4,9-10,15H,1,3,5-8H2/t10-,11+/m0/s1. The SMILES string of the molecule is O=S(=O)(CCn1ccnc1)N1CC[C@@]2(O)C[C@H]2C1. The summed E-state index contributed by atoms with van der Waals surface area (Å²) in [7, 11) is -3.22. The highest BCUT2D eigenvalue weighted by atomic mass is 32.2. The molecule has 3 rings (SSSR count). The van der Waals surface area contributed by atoms with Crippen molar-refractivity contribution in [2.45, 2.75) is 25.0 Å². The molecule has 1 saturated carbocycles. The fraction of sp³-hybridized carbons (Fsp3) is 0.727. The molecular formula is C11H17N3O3S. The molecule has 7 heteroatoms. The van der Waals surface area contributed by atoms with E-state index >= 15 is 0 Å². The molecular weight excluding hydrogens is 254 g/mol. The van der Waals surface area contributed by atoms with Crippen LogP contribution >= 0.6 is 0 Å². The van der Waals surface area contributed by atoms with Gasteiger partial charge in [-0.05, 0) is 12.8 Å². The normalized spacial score (nSPS) is 32.2. The van der Waals surface area contributed by atoms with E-state index in [1.165, 1.54) is 4.31 Å². The maximum atomic E-state index is 12.2. The number of imidazole rings is 1. The van der Waals surface area contributed by atoms with Crippen molar-refractivity contribution in [2.24, 2.45) is 5.92 Å². The Morgan fingerprint density at radius 3 is 3.00 bits per heavy atom. The minimum absolute atomic E-state index is 0.0918. The monoisotopic (exact) mass is 271 g/mol. The second-order valence-corrected chi connectivity index (χ2v) is 7.32. The van der Waals surface area contributed by atoms with E-state index in [1.54, 1.807) is 23.3 Å². The summed E-state index contributed by atoms with van der Waals surface area (Å²) in [5.74, 6) is 0.239. The summed E-state index contributed by atoms with van der Waals surface area (Å²) >= 11 is 0. The molecule has 0 spiro atoms. The predicted molar refractivity (Wildman–Crippen MR) is 65.3 cm³/mol. The van der Waals surface area contributed by atoms with Gasteiger partial charge < -0.3 is 9.67 Å². The van der Waals surface area contributed by atoms with Crippen LogP contribution in [0.2, 0.25) is 0 Å². The van der Waals surface area contributed by atoms with Gasteiger partial charge in [-0.1, -0.05) is 0 Å². The van der Waals surface area contributed by atoms with E-state index in [0.29, 0.717) is 26.1 Å². The number of piperidine rings is 1. The van der Waals surface area contributed by atoms with Crippen molar-refractivity contribution in [3.63, 3.8) is 0 Å². The third kappa shape index (κ3) is 2.17. The van der Waals surface area contributed by atoms with Crippen molar-refractivity contribution in [1.29, 1.82) is 0 Å². The first kappa shape index (κ1) is 12.1. The fourth-order valence-corrected chi connectivity index (χ4v) is 4.06. The van der Waals surface area contributed by atoms with Crippen LogP contribution in [-0.2, 0) is 16.6 Å². The Hall–Kier alpha value is -0.920. The Bertz CT molecular complexity index is 528. The van der Waals surface area contributed by atoms with Crippen LogP contribution in [0.15, 0.2) is 18.7 Å². The first-order valence-electron chi connectivity index (χ1n) is 6.16. The van der Waals surface area contributed by atoms with E-state index in [9.17, 15) is 13.5 Å². The Labute approximate surface area is 106 Å². The Balaban J connectivity index is 1.60. The molecule has 1 N–H and O–H groups in total. The fourth-order valence-electron chi connectivity index (χ4n) is 2.59. The summed E-state index contributed by atoms with van der Waals surface area (Å²) < 4.78 is 27.6. The Morgan fingerprint density at radius 2 is 2.33 bits per heavy atom. The smallest absolute Gasteiger partial charge is 0.215 e. The molecule has 0 aromatic carbocycles. The van der Waals surface area contributed by atoms with Gasteiger partial charge in [0.05, 0.1) is 17.7 Å². The number of aliphatic hydroxyl groups is 1. The van der Waals surface area contributed by atoms with E-state index in [4.69, 9.17) is 0 Å². The molecule has 2 heterocycles. The maximum Gasteiger partial charge on any atom is 0.215 e. The molecule has 18 heavy (non-hydrogen) atoms. The molecule has 1 aliphatic heterocycles. The molecule has 1 aliphatic carbocycles. The topological polar surface area (TPSA) is 75.4 Å². The number of aryl methyl sites for hydroxylation is 1. The van der Waals surface area contributed by atoms with Crippen LogP contribution in [-0.4, -0.2) is 51.8 Å². The molecule has 2 fully saturated rings. The highest BCUT2D eigenvalue weighted by molar-refractivity contribution is 7.89. The van der Waals surface area contributed by atoms with Crippen molar-refractivity contribution in [3.8, 4) is 0 Å². The van der Waals surface area contributed by atoms with Gasteiger partial charge in [0.25, 0.3) is 0 Å². The molecule has 0 bridgehead atoms. The lowest BCUT2D eigenvalue weighted by molar-refractivity contribution is 0.0885. The Kier molecular flexibility index (Phi) is 2.72. The van der Waals surface area contributed by atoms with Gasteiger partial charge in [0.15, 0.2) is 0 Å². The molecule has 1 saturated heterocycles. The quantitative estimate of drug-likeness (QED) is 0.813. The van der Waals surface area contributed by atoms with Crippen LogP contribution < -0.4 is 0 Å². The van der Waals surface area contributed by atoms with E-state index in [2.05, 4.69) is 4.98 Å². The zero-order valence-corrected chi connectivity index (χ0v) is 10.9. The van der Waals surface area contributed by atoms with Crippen molar-refractivity contribution < 1.29 is 13.5 Å². The van der Waals surface area contributed by atoms with E-state index < -0.39 is 15.6 Å². The third-order valence-corrected chi connectivity index (χ3v) is 5.79. The van der Waals surface area contributed by atoms with Crippen molar-refractivity contribution in [1.82, 2.24) is 13.9 Å². The minimum Gasteiger partial charge on any atom is -0.389 e. The van der Waals surface area contributed by atoms with Crippen LogP contribution in [0.1, 0.15) is 12.8 Å². The molecule has 0 amide bonds. The first-order valence-corrected chi connectivity index (χ1v) is 7.76. The van der Waals surface area contributed by atoms with Crippen LogP contribution in [0.25, 0.3) is 0 Å². The Morgan fingerprint density at radius 1 is 1.50 bits per heavy atom. The summed E-state index contributed by atoms with van der Waals surface area (Å²) in [5, 5.41) is 9.88. The summed E-state index contributed by atoms with van der Waals surface area (Å²) in [6.45, 7) is 1.34. The van der Waals surface area contributed by atoms with Crippen molar-refractivity contribution in [2.75, 3.05) is 18.8 Å². The first-order chi connectivity index (χ1) is 8.50. The molecule has 6 nitrogen and oxygen atoms in total. The van der Waals surface area contributed by atoms with Crippen LogP contribution in [0.5, 0.6) is 0 Å². The lowest BCUT2D eigenvalue weighted by Crippen LogP contribution is -2.42. The number of rotatable bonds is 4. The van der Waals surface area contributed by atoms with Crippen LogP contribution in [0, 0.1) is 5.92 Å². The molecule has 2 aliphatic rings. The second-order valence-electron chi connectivity index (χ2n) is 5.23. The highest BCUT2D eigenvalue weighted by Crippen LogP contribution is 2.49. The van der Waals surface area contributed by atoms with E-state index in [0.717, 1.165) is 6.42 Å². The summed E-state index contributed by atoms with van der Waals surface area (Å²) in [6, 6.07) is 0. The second kappa shape index (κ2) is 4.04. The summed E-state index contributed by atoms with van der Waals surface area (Å²) in [6.07, 6.45) is 6.33. The molecule has 1 aromatic rings.